The van der Waals surface area contributed by atoms with Gasteiger partial charge in [-0.15, -0.1) is 5.10 Å². The molecule has 3 heterocycles. The van der Waals surface area contributed by atoms with Gasteiger partial charge in [-0.3, -0.25) is 0 Å². The zero-order chi connectivity index (χ0) is 24.3. The van der Waals surface area contributed by atoms with Crippen molar-refractivity contribution in [1.82, 2.24) is 15.0 Å². The number of pyridine rings is 1. The quantitative estimate of drug-likeness (QED) is 0.268. The molecule has 0 spiro atoms. The average molecular weight is 499 g/mol. The molecule has 4 rings (SSSR count). The predicted octanol–water partition coefficient (Wildman–Crippen LogP) is 2.35. The van der Waals surface area contributed by atoms with Crippen molar-refractivity contribution in [2.75, 3.05) is 51.6 Å². The molecule has 1 aliphatic heterocycles. The summed E-state index contributed by atoms with van der Waals surface area (Å²) in [5, 5.41) is 18.0. The van der Waals surface area contributed by atoms with E-state index in [1.807, 2.05) is 6.20 Å². The molecule has 1 aliphatic rings. The summed E-state index contributed by atoms with van der Waals surface area (Å²) in [6.07, 6.45) is 8.20. The van der Waals surface area contributed by atoms with E-state index in [1.165, 1.54) is 21.2 Å². The number of aliphatic hydroxyl groups is 1. The first-order valence-corrected chi connectivity index (χ1v) is 12.5. The van der Waals surface area contributed by atoms with E-state index in [1.54, 1.807) is 16.4 Å². The fraction of sp³-hybridized carbons (Fsp3) is 0.400. The number of aliphatic hydroxyl groups excluding tert-OH is 1. The summed E-state index contributed by atoms with van der Waals surface area (Å²) in [5.74, 6) is 0. The van der Waals surface area contributed by atoms with E-state index >= 15 is 0 Å². The number of hydrogen-bond donors (Lipinski definition) is 1. The molecule has 2 aromatic heterocycles. The molecule has 0 bridgehead atoms. The maximum absolute atomic E-state index is 8.71. The van der Waals surface area contributed by atoms with Gasteiger partial charge in [0.05, 0.1) is 63.1 Å². The first kappa shape index (κ1) is 25.3. The number of benzene rings is 1. The van der Waals surface area contributed by atoms with Crippen LogP contribution >= 0.6 is 11.8 Å². The number of para-hydroxylation sites is 1. The third kappa shape index (κ3) is 7.61. The van der Waals surface area contributed by atoms with Gasteiger partial charge in [0.15, 0.2) is 18.9 Å². The Morgan fingerprint density at radius 1 is 1.00 bits per heavy atom. The van der Waals surface area contributed by atoms with Gasteiger partial charge in [-0.1, -0.05) is 29.1 Å². The molecule has 0 amide bonds. The second kappa shape index (κ2) is 13.4. The minimum absolute atomic E-state index is 0.000682. The zero-order valence-electron chi connectivity index (χ0n) is 20.0. The molecule has 0 saturated carbocycles. The van der Waals surface area contributed by atoms with Crippen LogP contribution in [0.3, 0.4) is 0 Å². The number of ether oxygens (including phenoxy) is 3. The van der Waals surface area contributed by atoms with Gasteiger partial charge in [0.1, 0.15) is 12.3 Å². The monoisotopic (exact) mass is 498 g/mol. The Morgan fingerprint density at radius 3 is 2.60 bits per heavy atom. The van der Waals surface area contributed by atoms with Crippen molar-refractivity contribution >= 4 is 23.5 Å². The minimum atomic E-state index is 0.000682. The second-order valence-electron chi connectivity index (χ2n) is 7.95. The van der Waals surface area contributed by atoms with Crippen LogP contribution in [0.5, 0.6) is 0 Å². The molecule has 186 valence electrons. The maximum atomic E-state index is 8.71. The highest BCUT2D eigenvalue weighted by Gasteiger charge is 2.21. The van der Waals surface area contributed by atoms with Crippen LogP contribution in [0.1, 0.15) is 11.3 Å². The van der Waals surface area contributed by atoms with E-state index in [9.17, 15) is 0 Å². The molecule has 1 N–H and O–H groups in total. The molecule has 0 atom stereocenters. The summed E-state index contributed by atoms with van der Waals surface area (Å²) >= 11 is 1.80. The molecule has 35 heavy (non-hydrogen) atoms. The Labute approximate surface area is 209 Å². The van der Waals surface area contributed by atoms with Gasteiger partial charge in [-0.2, -0.15) is 0 Å². The molecule has 0 radical (unpaired) electrons. The van der Waals surface area contributed by atoms with Gasteiger partial charge < -0.3 is 24.2 Å². The molecule has 9 nitrogen and oxygen atoms in total. The normalized spacial score (nSPS) is 14.1. The molecule has 1 aromatic carbocycles. The average Bonchev–Trinajstić information content (AvgIpc) is 3.46. The second-order valence-corrected chi connectivity index (χ2v) is 9.02. The summed E-state index contributed by atoms with van der Waals surface area (Å²) in [6, 6.07) is 12.7. The van der Waals surface area contributed by atoms with E-state index in [0.29, 0.717) is 46.2 Å². The standard InChI is InChI=1S/C25H32N5O4S/c1-28-23-4-2-3-5-24(23)35-25(28)18-21-6-8-29(9-7-21)10-13-32-16-17-33-14-11-30-19-22(26-27-30)20-34-15-12-31/h2-9,18-19,31H,10-17,20H2,1H3/q+1. The van der Waals surface area contributed by atoms with E-state index in [2.05, 4.69) is 81.7 Å². The van der Waals surface area contributed by atoms with Gasteiger partial charge in [0, 0.05) is 24.1 Å². The van der Waals surface area contributed by atoms with Crippen molar-refractivity contribution in [3.63, 3.8) is 0 Å². The highest BCUT2D eigenvalue weighted by atomic mass is 32.2. The van der Waals surface area contributed by atoms with Crippen LogP contribution in [0.2, 0.25) is 0 Å². The van der Waals surface area contributed by atoms with Gasteiger partial charge in [0.2, 0.25) is 0 Å². The third-order valence-electron chi connectivity index (χ3n) is 5.38. The molecule has 0 unspecified atom stereocenters. The molecule has 10 heteroatoms. The largest absolute Gasteiger partial charge is 0.394 e. The van der Waals surface area contributed by atoms with Crippen LogP contribution in [0.15, 0.2) is 64.9 Å². The summed E-state index contributed by atoms with van der Waals surface area (Å²) in [7, 11) is 2.11. The lowest BCUT2D eigenvalue weighted by Gasteiger charge is -2.13. The van der Waals surface area contributed by atoms with Crippen molar-refractivity contribution < 1.29 is 23.9 Å². The number of nitrogens with zero attached hydrogens (tertiary/aromatic N) is 5. The zero-order valence-corrected chi connectivity index (χ0v) is 20.8. The Kier molecular flexibility index (Phi) is 9.67. The van der Waals surface area contributed by atoms with E-state index in [4.69, 9.17) is 19.3 Å². The smallest absolute Gasteiger partial charge is 0.171 e. The van der Waals surface area contributed by atoms with E-state index < -0.39 is 0 Å². The lowest BCUT2D eigenvalue weighted by molar-refractivity contribution is -0.698. The molecule has 0 saturated heterocycles. The van der Waals surface area contributed by atoms with Crippen LogP contribution in [-0.2, 0) is 33.9 Å². The first-order valence-electron chi connectivity index (χ1n) is 11.7. The van der Waals surface area contributed by atoms with Crippen LogP contribution < -0.4 is 9.47 Å². The number of fused-ring (bicyclic) bond motifs is 1. The first-order chi connectivity index (χ1) is 17.2. The molecule has 3 aromatic rings. The Morgan fingerprint density at radius 2 is 1.80 bits per heavy atom. The Hall–Kier alpha value is -2.76. The number of thioether (sulfide) groups is 1. The highest BCUT2D eigenvalue weighted by molar-refractivity contribution is 8.03. The van der Waals surface area contributed by atoms with Gasteiger partial charge >= 0.3 is 0 Å². The van der Waals surface area contributed by atoms with Crippen LogP contribution in [0.4, 0.5) is 5.69 Å². The summed E-state index contributed by atoms with van der Waals surface area (Å²) in [5.41, 5.74) is 3.16. The van der Waals surface area contributed by atoms with E-state index in [-0.39, 0.29) is 6.61 Å². The summed E-state index contributed by atoms with van der Waals surface area (Å²) in [4.78, 5) is 3.53. The van der Waals surface area contributed by atoms with Crippen LogP contribution in [0.25, 0.3) is 6.08 Å². The summed E-state index contributed by atoms with van der Waals surface area (Å²) < 4.78 is 20.4. The van der Waals surface area contributed by atoms with Crippen molar-refractivity contribution in [2.45, 2.75) is 24.6 Å². The van der Waals surface area contributed by atoms with Gasteiger partial charge in [-0.25, -0.2) is 9.25 Å². The Balaban J connectivity index is 1.08. The fourth-order valence-electron chi connectivity index (χ4n) is 3.51. The van der Waals surface area contributed by atoms with Crippen molar-refractivity contribution in [1.29, 1.82) is 0 Å². The number of rotatable bonds is 14. The van der Waals surface area contributed by atoms with Crippen LogP contribution in [0, 0.1) is 0 Å². The topological polar surface area (TPSA) is 85.8 Å². The maximum Gasteiger partial charge on any atom is 0.171 e. The molecule has 0 aliphatic carbocycles. The predicted molar refractivity (Wildman–Crippen MR) is 134 cm³/mol. The van der Waals surface area contributed by atoms with Gasteiger partial charge in [0.25, 0.3) is 0 Å². The number of aromatic nitrogens is 4. The highest BCUT2D eigenvalue weighted by Crippen LogP contribution is 2.45. The number of anilines is 1. The number of hydrogen-bond acceptors (Lipinski definition) is 8. The minimum Gasteiger partial charge on any atom is -0.394 e. The third-order valence-corrected chi connectivity index (χ3v) is 6.55. The van der Waals surface area contributed by atoms with Crippen molar-refractivity contribution in [3.8, 4) is 0 Å². The fourth-order valence-corrected chi connectivity index (χ4v) is 4.62. The lowest BCUT2D eigenvalue weighted by Crippen LogP contribution is -2.35. The lowest BCUT2D eigenvalue weighted by atomic mass is 10.2. The van der Waals surface area contributed by atoms with E-state index in [0.717, 1.165) is 12.2 Å². The van der Waals surface area contributed by atoms with Crippen molar-refractivity contribution in [3.05, 3.63) is 71.3 Å². The van der Waals surface area contributed by atoms with Gasteiger partial charge in [-0.05, 0) is 23.8 Å². The summed E-state index contributed by atoms with van der Waals surface area (Å²) in [6.45, 7) is 4.29. The molecular weight excluding hydrogens is 466 g/mol. The Bertz CT molecular complexity index is 1090. The van der Waals surface area contributed by atoms with Crippen molar-refractivity contribution in [2.24, 2.45) is 0 Å². The molecule has 0 fully saturated rings. The van der Waals surface area contributed by atoms with Crippen LogP contribution in [-0.4, -0.2) is 66.8 Å². The SMILES string of the molecule is CN1C(=Cc2cc[n+](CCOCCOCCn3cc(COCCO)nn3)cc2)Sc2ccccc21. The molecular formula is C25H32N5O4S+.